The van der Waals surface area contributed by atoms with Crippen LogP contribution in [0.1, 0.15) is 36.7 Å². The summed E-state index contributed by atoms with van der Waals surface area (Å²) >= 11 is 0. The molecule has 2 aromatic heterocycles. The van der Waals surface area contributed by atoms with Crippen LogP contribution in [0.5, 0.6) is 0 Å². The molecule has 2 amide bonds. The summed E-state index contributed by atoms with van der Waals surface area (Å²) in [6, 6.07) is 8.36. The number of carbonyl (C=O) groups is 2. The summed E-state index contributed by atoms with van der Waals surface area (Å²) in [6.45, 7) is 5.77. The van der Waals surface area contributed by atoms with E-state index in [0.717, 1.165) is 5.56 Å². The van der Waals surface area contributed by atoms with Gasteiger partial charge >= 0.3 is 11.9 Å². The largest absolute Gasteiger partial charge is 0.444 e. The second-order valence-electron chi connectivity index (χ2n) is 8.48. The van der Waals surface area contributed by atoms with Crippen LogP contribution in [0.15, 0.2) is 42.7 Å². The fraction of sp³-hybridized carbons (Fsp3) is 0.273. The number of rotatable bonds is 4. The van der Waals surface area contributed by atoms with Crippen LogP contribution >= 0.6 is 0 Å². The monoisotopic (exact) mass is 450 g/mol. The molecule has 0 atom stereocenters. The van der Waals surface area contributed by atoms with Crippen molar-refractivity contribution in [2.45, 2.75) is 32.8 Å². The number of ether oxygens (including phenoxy) is 1. The van der Waals surface area contributed by atoms with E-state index >= 15 is 0 Å². The Morgan fingerprint density at radius 2 is 2.06 bits per heavy atom. The number of anilines is 1. The number of hydrogen-bond acceptors (Lipinski definition) is 7. The molecule has 0 saturated carbocycles. The van der Waals surface area contributed by atoms with Crippen molar-refractivity contribution in [3.63, 3.8) is 0 Å². The van der Waals surface area contributed by atoms with Gasteiger partial charge in [-0.05, 0) is 61.9 Å². The van der Waals surface area contributed by atoms with Gasteiger partial charge in [-0.2, -0.15) is 0 Å². The molecule has 0 spiro atoms. The van der Waals surface area contributed by atoms with Gasteiger partial charge in [0.05, 0.1) is 28.2 Å². The van der Waals surface area contributed by atoms with Gasteiger partial charge in [-0.15, -0.1) is 4.68 Å². The molecule has 0 radical (unpaired) electrons. The summed E-state index contributed by atoms with van der Waals surface area (Å²) in [5, 5.41) is 21.2. The van der Waals surface area contributed by atoms with Gasteiger partial charge in [-0.3, -0.25) is 15.1 Å². The van der Waals surface area contributed by atoms with Crippen molar-refractivity contribution in [2.24, 2.45) is 0 Å². The summed E-state index contributed by atoms with van der Waals surface area (Å²) in [5.41, 5.74) is 2.09. The van der Waals surface area contributed by atoms with Crippen molar-refractivity contribution in [3.8, 4) is 16.9 Å². The lowest BCUT2D eigenvalue weighted by molar-refractivity contribution is -0.389. The van der Waals surface area contributed by atoms with Crippen molar-refractivity contribution >= 4 is 23.5 Å². The van der Waals surface area contributed by atoms with Crippen LogP contribution in [0.25, 0.3) is 16.9 Å². The van der Waals surface area contributed by atoms with Crippen LogP contribution in [0.4, 0.5) is 16.3 Å². The molecule has 0 unspecified atom stereocenters. The molecule has 4 rings (SSSR count). The molecule has 0 bridgehead atoms. The Bertz CT molecular complexity index is 1260. The van der Waals surface area contributed by atoms with E-state index in [-0.39, 0.29) is 17.3 Å². The van der Waals surface area contributed by atoms with Crippen molar-refractivity contribution < 1.29 is 19.2 Å². The van der Waals surface area contributed by atoms with Crippen LogP contribution in [0.3, 0.4) is 0 Å². The Balaban J connectivity index is 1.67. The molecule has 1 aliphatic rings. The molecule has 2 N–H and O–H groups in total. The van der Waals surface area contributed by atoms with Gasteiger partial charge in [0, 0.05) is 18.4 Å². The van der Waals surface area contributed by atoms with Crippen LogP contribution in [0, 0.1) is 10.1 Å². The first-order valence-corrected chi connectivity index (χ1v) is 10.2. The number of pyridine rings is 1. The Morgan fingerprint density at radius 1 is 1.27 bits per heavy atom. The summed E-state index contributed by atoms with van der Waals surface area (Å²) in [5.74, 6) is -0.581. The van der Waals surface area contributed by atoms with Crippen LogP contribution in [-0.2, 0) is 11.2 Å². The Kier molecular flexibility index (Phi) is 5.54. The normalized spacial score (nSPS) is 13.1. The number of hydrogen-bond donors (Lipinski definition) is 2. The van der Waals surface area contributed by atoms with Crippen LogP contribution in [0.2, 0.25) is 0 Å². The molecule has 1 aliphatic heterocycles. The van der Waals surface area contributed by atoms with E-state index in [1.807, 2.05) is 0 Å². The molecular formula is C22H22N6O5. The van der Waals surface area contributed by atoms with E-state index < -0.39 is 16.6 Å². The topological polar surface area (TPSA) is 141 Å². The summed E-state index contributed by atoms with van der Waals surface area (Å²) in [4.78, 5) is 39.4. The zero-order valence-corrected chi connectivity index (χ0v) is 18.3. The maximum atomic E-state index is 12.1. The smallest absolute Gasteiger partial charge is 0.412 e. The standard InChI is InChI=1S/C22H22N6O5/c1-22(2,3)33-21(30)25-14-5-4-6-15(10-14)27-12-17(19(26-27)28(31)32)18-9-13-7-8-23-20(29)16(13)11-24-18/h4-6,9-12H,7-8H2,1-3H3,(H,23,29)(H,25,30). The molecule has 0 aliphatic carbocycles. The van der Waals surface area contributed by atoms with Gasteiger partial charge in [-0.1, -0.05) is 6.07 Å². The van der Waals surface area contributed by atoms with Crippen LogP contribution < -0.4 is 10.6 Å². The lowest BCUT2D eigenvalue weighted by Crippen LogP contribution is -2.31. The zero-order chi connectivity index (χ0) is 23.8. The van der Waals surface area contributed by atoms with Crippen molar-refractivity contribution in [1.82, 2.24) is 20.1 Å². The number of benzene rings is 1. The van der Waals surface area contributed by atoms with Crippen molar-refractivity contribution in [3.05, 3.63) is 64.0 Å². The average molecular weight is 450 g/mol. The van der Waals surface area contributed by atoms with Crippen molar-refractivity contribution in [2.75, 3.05) is 11.9 Å². The van der Waals surface area contributed by atoms with E-state index in [2.05, 4.69) is 20.7 Å². The number of aromatic nitrogens is 3. The second kappa shape index (κ2) is 8.34. The third kappa shape index (κ3) is 4.81. The minimum atomic E-state index is -0.651. The third-order valence-electron chi connectivity index (χ3n) is 4.81. The Hall–Kier alpha value is -4.28. The highest BCUT2D eigenvalue weighted by Gasteiger charge is 2.26. The first-order valence-electron chi connectivity index (χ1n) is 10.2. The molecule has 170 valence electrons. The summed E-state index contributed by atoms with van der Waals surface area (Å²) in [7, 11) is 0. The molecule has 3 heterocycles. The van der Waals surface area contributed by atoms with E-state index in [4.69, 9.17) is 4.74 Å². The van der Waals surface area contributed by atoms with Gasteiger partial charge in [0.2, 0.25) is 0 Å². The molecule has 11 heteroatoms. The van der Waals surface area contributed by atoms with Gasteiger partial charge in [0.15, 0.2) is 0 Å². The van der Waals surface area contributed by atoms with E-state index in [1.165, 1.54) is 17.1 Å². The lowest BCUT2D eigenvalue weighted by Gasteiger charge is -2.19. The molecular weight excluding hydrogens is 428 g/mol. The molecule has 11 nitrogen and oxygen atoms in total. The minimum absolute atomic E-state index is 0.213. The number of amides is 2. The van der Waals surface area contributed by atoms with Crippen LogP contribution in [-0.4, -0.2) is 43.8 Å². The van der Waals surface area contributed by atoms with E-state index in [0.29, 0.717) is 35.6 Å². The van der Waals surface area contributed by atoms with Gasteiger partial charge in [-0.25, -0.2) is 4.79 Å². The number of nitro groups is 1. The lowest BCUT2D eigenvalue weighted by atomic mass is 10.0. The maximum absolute atomic E-state index is 12.1. The summed E-state index contributed by atoms with van der Waals surface area (Å²) in [6.07, 6.45) is 2.92. The zero-order valence-electron chi connectivity index (χ0n) is 18.3. The molecule has 1 aromatic carbocycles. The quantitative estimate of drug-likeness (QED) is 0.458. The maximum Gasteiger partial charge on any atom is 0.412 e. The van der Waals surface area contributed by atoms with E-state index in [9.17, 15) is 19.7 Å². The first-order chi connectivity index (χ1) is 15.6. The van der Waals surface area contributed by atoms with Crippen molar-refractivity contribution in [1.29, 1.82) is 0 Å². The molecule has 0 saturated heterocycles. The van der Waals surface area contributed by atoms with E-state index in [1.54, 1.807) is 51.1 Å². The Labute approximate surface area is 188 Å². The minimum Gasteiger partial charge on any atom is -0.444 e. The molecule has 3 aromatic rings. The number of nitrogens with one attached hydrogen (secondary N) is 2. The van der Waals surface area contributed by atoms with Gasteiger partial charge in [0.1, 0.15) is 11.2 Å². The third-order valence-corrected chi connectivity index (χ3v) is 4.81. The highest BCUT2D eigenvalue weighted by molar-refractivity contribution is 5.96. The molecule has 0 fully saturated rings. The predicted octanol–water partition coefficient (Wildman–Crippen LogP) is 3.48. The number of nitrogens with zero attached hydrogens (tertiary/aromatic N) is 4. The average Bonchev–Trinajstić information content (AvgIpc) is 3.18. The number of carbonyl (C=O) groups excluding carboxylic acids is 2. The first kappa shape index (κ1) is 21.9. The fourth-order valence-electron chi connectivity index (χ4n) is 3.42. The SMILES string of the molecule is CC(C)(C)OC(=O)Nc1cccc(-n2cc(-c3cc4c(cn3)C(=O)NCC4)c([N+](=O)[O-])n2)c1. The second-order valence-corrected chi connectivity index (χ2v) is 8.48. The van der Waals surface area contributed by atoms with Gasteiger partial charge in [0.25, 0.3) is 5.91 Å². The number of fused-ring (bicyclic) bond motifs is 1. The highest BCUT2D eigenvalue weighted by Crippen LogP contribution is 2.30. The predicted molar refractivity (Wildman–Crippen MR) is 119 cm³/mol. The summed E-state index contributed by atoms with van der Waals surface area (Å²) < 4.78 is 6.60. The highest BCUT2D eigenvalue weighted by atomic mass is 16.6. The van der Waals surface area contributed by atoms with Gasteiger partial charge < -0.3 is 20.2 Å². The fourth-order valence-corrected chi connectivity index (χ4v) is 3.42. The Morgan fingerprint density at radius 3 is 2.79 bits per heavy atom. The molecule has 33 heavy (non-hydrogen) atoms.